The zero-order chi connectivity index (χ0) is 13.1. The third kappa shape index (κ3) is 2.13. The van der Waals surface area contributed by atoms with Crippen molar-refractivity contribution < 1.29 is 19.0 Å². The van der Waals surface area contributed by atoms with Gasteiger partial charge in [-0.2, -0.15) is 0 Å². The van der Waals surface area contributed by atoms with Crippen LogP contribution < -0.4 is 4.74 Å². The lowest BCUT2D eigenvalue weighted by atomic mass is 10.1. The number of benzene rings is 1. The van der Waals surface area contributed by atoms with Crippen molar-refractivity contribution >= 4 is 5.97 Å². The van der Waals surface area contributed by atoms with Gasteiger partial charge in [0, 0.05) is 18.0 Å². The molecule has 0 unspecified atom stereocenters. The zero-order valence-electron chi connectivity index (χ0n) is 9.42. The van der Waals surface area contributed by atoms with Crippen molar-refractivity contribution in [3.8, 4) is 17.1 Å². The molecule has 2 rings (SSSR count). The van der Waals surface area contributed by atoms with E-state index in [1.54, 1.807) is 0 Å². The minimum Gasteiger partial charge on any atom is -0.479 e. The number of hydrogen-bond acceptors (Lipinski definition) is 4. The number of ether oxygens (including phenoxy) is 1. The number of aromatic carboxylic acids is 1. The first kappa shape index (κ1) is 12.0. The molecule has 0 spiro atoms. The summed E-state index contributed by atoms with van der Waals surface area (Å²) in [4.78, 5) is 18.7. The standard InChI is InChI=1S/C12H9FN2O3/c1-18-11-10(14-4-5-15-11)7-2-3-8(12(16)17)9(13)6-7/h2-6H,1H3,(H,16,17). The number of nitrogens with zero attached hydrogens (tertiary/aromatic N) is 2. The quantitative estimate of drug-likeness (QED) is 0.899. The summed E-state index contributed by atoms with van der Waals surface area (Å²) < 4.78 is 18.6. The molecule has 5 nitrogen and oxygen atoms in total. The molecule has 0 aliphatic heterocycles. The van der Waals surface area contributed by atoms with Gasteiger partial charge in [-0.25, -0.2) is 19.2 Å². The van der Waals surface area contributed by atoms with Crippen LogP contribution in [0.4, 0.5) is 4.39 Å². The molecule has 1 aromatic carbocycles. The Morgan fingerprint density at radius 3 is 2.67 bits per heavy atom. The van der Waals surface area contributed by atoms with Crippen molar-refractivity contribution in [1.29, 1.82) is 0 Å². The van der Waals surface area contributed by atoms with E-state index in [2.05, 4.69) is 9.97 Å². The number of halogens is 1. The normalized spacial score (nSPS) is 10.1. The summed E-state index contributed by atoms with van der Waals surface area (Å²) in [5.74, 6) is -1.89. The van der Waals surface area contributed by atoms with E-state index in [1.165, 1.54) is 31.6 Å². The maximum Gasteiger partial charge on any atom is 0.338 e. The second-order valence-electron chi connectivity index (χ2n) is 3.41. The highest BCUT2D eigenvalue weighted by Crippen LogP contribution is 2.26. The van der Waals surface area contributed by atoms with E-state index in [0.29, 0.717) is 11.3 Å². The average molecular weight is 248 g/mol. The molecule has 0 saturated carbocycles. The van der Waals surface area contributed by atoms with Crippen LogP contribution in [0, 0.1) is 5.82 Å². The highest BCUT2D eigenvalue weighted by Gasteiger charge is 2.14. The Bertz CT molecular complexity index is 602. The van der Waals surface area contributed by atoms with E-state index in [-0.39, 0.29) is 11.4 Å². The zero-order valence-corrected chi connectivity index (χ0v) is 9.42. The van der Waals surface area contributed by atoms with Crippen LogP contribution >= 0.6 is 0 Å². The molecule has 2 aromatic rings. The molecule has 0 amide bonds. The Morgan fingerprint density at radius 1 is 1.33 bits per heavy atom. The van der Waals surface area contributed by atoms with Gasteiger partial charge < -0.3 is 9.84 Å². The molecule has 1 heterocycles. The Kier molecular flexibility index (Phi) is 3.18. The Hall–Kier alpha value is -2.50. The number of carbonyl (C=O) groups is 1. The van der Waals surface area contributed by atoms with E-state index in [1.807, 2.05) is 0 Å². The first-order valence-electron chi connectivity index (χ1n) is 5.01. The van der Waals surface area contributed by atoms with Crippen molar-refractivity contribution in [3.63, 3.8) is 0 Å². The van der Waals surface area contributed by atoms with Crippen LogP contribution in [0.15, 0.2) is 30.6 Å². The number of carboxylic acid groups (broad SMARTS) is 1. The molecule has 0 aliphatic carbocycles. The minimum absolute atomic E-state index is 0.250. The summed E-state index contributed by atoms with van der Waals surface area (Å²) >= 11 is 0. The fourth-order valence-corrected chi connectivity index (χ4v) is 1.51. The van der Waals surface area contributed by atoms with Crippen molar-refractivity contribution in [2.24, 2.45) is 0 Å². The summed E-state index contributed by atoms with van der Waals surface area (Å²) in [6.07, 6.45) is 2.89. The molecule has 0 atom stereocenters. The van der Waals surface area contributed by atoms with Gasteiger partial charge in [0.1, 0.15) is 11.5 Å². The van der Waals surface area contributed by atoms with Gasteiger partial charge in [-0.3, -0.25) is 0 Å². The minimum atomic E-state index is -1.31. The molecule has 0 saturated heterocycles. The molecule has 6 heteroatoms. The first-order chi connectivity index (χ1) is 8.63. The van der Waals surface area contributed by atoms with E-state index in [0.717, 1.165) is 6.07 Å². The van der Waals surface area contributed by atoms with Gasteiger partial charge in [0.15, 0.2) is 0 Å². The maximum atomic E-state index is 13.6. The van der Waals surface area contributed by atoms with E-state index < -0.39 is 11.8 Å². The smallest absolute Gasteiger partial charge is 0.338 e. The van der Waals surface area contributed by atoms with Crippen LogP contribution in [0.5, 0.6) is 5.88 Å². The number of methoxy groups -OCH3 is 1. The van der Waals surface area contributed by atoms with E-state index in [4.69, 9.17) is 9.84 Å². The molecule has 18 heavy (non-hydrogen) atoms. The van der Waals surface area contributed by atoms with Crippen molar-refractivity contribution in [2.75, 3.05) is 7.11 Å². The fraction of sp³-hybridized carbons (Fsp3) is 0.0833. The summed E-state index contributed by atoms with van der Waals surface area (Å²) in [6, 6.07) is 3.73. The number of hydrogen-bond donors (Lipinski definition) is 1. The second-order valence-corrected chi connectivity index (χ2v) is 3.41. The van der Waals surface area contributed by atoms with E-state index in [9.17, 15) is 9.18 Å². The Labute approximate surface area is 102 Å². The molecule has 0 fully saturated rings. The van der Waals surface area contributed by atoms with Crippen LogP contribution in [0.25, 0.3) is 11.3 Å². The van der Waals surface area contributed by atoms with E-state index >= 15 is 0 Å². The highest BCUT2D eigenvalue weighted by molar-refractivity contribution is 5.88. The predicted octanol–water partition coefficient (Wildman–Crippen LogP) is 1.99. The van der Waals surface area contributed by atoms with Crippen LogP contribution in [-0.2, 0) is 0 Å². The average Bonchev–Trinajstić information content (AvgIpc) is 2.38. The van der Waals surface area contributed by atoms with Gasteiger partial charge in [-0.05, 0) is 12.1 Å². The lowest BCUT2D eigenvalue weighted by Crippen LogP contribution is -2.01. The predicted molar refractivity (Wildman–Crippen MR) is 60.9 cm³/mol. The fourth-order valence-electron chi connectivity index (χ4n) is 1.51. The SMILES string of the molecule is COc1nccnc1-c1ccc(C(=O)O)c(F)c1. The lowest BCUT2D eigenvalue weighted by molar-refractivity contribution is 0.0692. The maximum absolute atomic E-state index is 13.6. The van der Waals surface area contributed by atoms with Gasteiger partial charge in [0.2, 0.25) is 5.88 Å². The third-order valence-corrected chi connectivity index (χ3v) is 2.33. The topological polar surface area (TPSA) is 72.3 Å². The summed E-state index contributed by atoms with van der Waals surface area (Å²) in [6.45, 7) is 0. The number of aromatic nitrogens is 2. The van der Waals surface area contributed by atoms with Crippen molar-refractivity contribution in [3.05, 3.63) is 42.0 Å². The molecule has 1 N–H and O–H groups in total. The van der Waals surface area contributed by atoms with Crippen LogP contribution in [0.3, 0.4) is 0 Å². The largest absolute Gasteiger partial charge is 0.479 e. The summed E-state index contributed by atoms with van der Waals surface area (Å²) in [5.41, 5.74) is 0.375. The molecule has 1 aromatic heterocycles. The number of rotatable bonds is 3. The summed E-state index contributed by atoms with van der Waals surface area (Å²) in [5, 5.41) is 8.74. The van der Waals surface area contributed by atoms with Gasteiger partial charge in [0.05, 0.1) is 12.7 Å². The van der Waals surface area contributed by atoms with Crippen molar-refractivity contribution in [2.45, 2.75) is 0 Å². The molecule has 0 bridgehead atoms. The summed E-state index contributed by atoms with van der Waals surface area (Å²) in [7, 11) is 1.43. The molecule has 0 radical (unpaired) electrons. The van der Waals surface area contributed by atoms with Gasteiger partial charge in [-0.15, -0.1) is 0 Å². The lowest BCUT2D eigenvalue weighted by Gasteiger charge is -2.06. The Morgan fingerprint density at radius 2 is 2.06 bits per heavy atom. The van der Waals surface area contributed by atoms with Crippen LogP contribution in [0.2, 0.25) is 0 Å². The molecule has 92 valence electrons. The first-order valence-corrected chi connectivity index (χ1v) is 5.01. The van der Waals surface area contributed by atoms with Gasteiger partial charge in [0.25, 0.3) is 0 Å². The number of carboxylic acids is 1. The van der Waals surface area contributed by atoms with Crippen LogP contribution in [0.1, 0.15) is 10.4 Å². The van der Waals surface area contributed by atoms with Gasteiger partial charge in [-0.1, -0.05) is 6.07 Å². The molecular weight excluding hydrogens is 239 g/mol. The second kappa shape index (κ2) is 4.79. The van der Waals surface area contributed by atoms with Gasteiger partial charge >= 0.3 is 5.97 Å². The highest BCUT2D eigenvalue weighted by atomic mass is 19.1. The molecular formula is C12H9FN2O3. The molecule has 0 aliphatic rings. The van der Waals surface area contributed by atoms with Crippen molar-refractivity contribution in [1.82, 2.24) is 9.97 Å². The van der Waals surface area contributed by atoms with Crippen LogP contribution in [-0.4, -0.2) is 28.2 Å². The monoisotopic (exact) mass is 248 g/mol. The Balaban J connectivity index is 2.52. The third-order valence-electron chi connectivity index (χ3n) is 2.33.